The molecule has 98 valence electrons. The predicted octanol–water partition coefficient (Wildman–Crippen LogP) is 3.86. The summed E-state index contributed by atoms with van der Waals surface area (Å²) in [6.45, 7) is 2.46. The molecule has 0 aliphatic heterocycles. The molecule has 0 spiro atoms. The number of halogens is 2. The van der Waals surface area contributed by atoms with E-state index in [2.05, 4.69) is 20.9 Å². The number of rotatable bonds is 3. The highest BCUT2D eigenvalue weighted by Crippen LogP contribution is 2.29. The molecule has 6 heteroatoms. The third-order valence-corrected chi connectivity index (χ3v) is 4.26. The van der Waals surface area contributed by atoms with Crippen molar-refractivity contribution in [3.63, 3.8) is 0 Å². The molecule has 0 radical (unpaired) electrons. The second-order valence-corrected chi connectivity index (χ2v) is 5.94. The first kappa shape index (κ1) is 14.0. The van der Waals surface area contributed by atoms with Crippen molar-refractivity contribution in [2.75, 3.05) is 11.9 Å². The van der Waals surface area contributed by atoms with Crippen molar-refractivity contribution in [1.29, 1.82) is 5.26 Å². The van der Waals surface area contributed by atoms with Crippen molar-refractivity contribution in [3.8, 4) is 6.07 Å². The third kappa shape index (κ3) is 2.94. The molecular weight excluding hydrogens is 329 g/mol. The fourth-order valence-electron chi connectivity index (χ4n) is 1.73. The summed E-state index contributed by atoms with van der Waals surface area (Å²) in [5.74, 6) is -0.423. The molecule has 0 unspecified atom stereocenters. The molecule has 0 saturated carbocycles. The Kier molecular flexibility index (Phi) is 4.17. The molecule has 3 nitrogen and oxygen atoms in total. The van der Waals surface area contributed by atoms with Gasteiger partial charge in [-0.15, -0.1) is 11.3 Å². The third-order valence-electron chi connectivity index (χ3n) is 2.66. The highest BCUT2D eigenvalue weighted by molar-refractivity contribution is 9.10. The molecule has 1 heterocycles. The smallest absolute Gasteiger partial charge is 0.161 e. The van der Waals surface area contributed by atoms with Crippen LogP contribution in [0, 0.1) is 24.1 Å². The quantitative estimate of drug-likeness (QED) is 0.852. The van der Waals surface area contributed by atoms with Gasteiger partial charge in [0.15, 0.2) is 5.82 Å². The summed E-state index contributed by atoms with van der Waals surface area (Å²) in [6.07, 6.45) is 0. The number of nitriles is 1. The van der Waals surface area contributed by atoms with Crippen molar-refractivity contribution in [2.24, 2.45) is 0 Å². The van der Waals surface area contributed by atoms with Crippen LogP contribution in [0.25, 0.3) is 0 Å². The number of aromatic nitrogens is 1. The minimum atomic E-state index is -0.423. The Hall–Kier alpha value is -1.45. The lowest BCUT2D eigenvalue weighted by Crippen LogP contribution is -2.18. The predicted molar refractivity (Wildman–Crippen MR) is 77.8 cm³/mol. The lowest BCUT2D eigenvalue weighted by Gasteiger charge is -2.19. The van der Waals surface area contributed by atoms with Gasteiger partial charge in [0.2, 0.25) is 0 Å². The first-order chi connectivity index (χ1) is 9.02. The van der Waals surface area contributed by atoms with Crippen LogP contribution < -0.4 is 4.90 Å². The summed E-state index contributed by atoms with van der Waals surface area (Å²) in [7, 11) is 1.80. The number of aryl methyl sites for hydroxylation is 1. The van der Waals surface area contributed by atoms with Crippen molar-refractivity contribution >= 4 is 33.0 Å². The average molecular weight is 340 g/mol. The Morgan fingerprint density at radius 3 is 2.84 bits per heavy atom. The van der Waals surface area contributed by atoms with E-state index in [1.54, 1.807) is 35.4 Å². The zero-order valence-corrected chi connectivity index (χ0v) is 12.8. The van der Waals surface area contributed by atoms with Gasteiger partial charge in [-0.2, -0.15) is 5.26 Å². The lowest BCUT2D eigenvalue weighted by molar-refractivity contribution is 0.614. The van der Waals surface area contributed by atoms with Crippen LogP contribution in [0.2, 0.25) is 0 Å². The van der Waals surface area contributed by atoms with Gasteiger partial charge < -0.3 is 4.90 Å². The monoisotopic (exact) mass is 339 g/mol. The lowest BCUT2D eigenvalue weighted by atomic mass is 10.2. The van der Waals surface area contributed by atoms with E-state index >= 15 is 0 Å². The van der Waals surface area contributed by atoms with Gasteiger partial charge in [-0.05, 0) is 35.0 Å². The van der Waals surface area contributed by atoms with Gasteiger partial charge in [-0.1, -0.05) is 0 Å². The maximum Gasteiger partial charge on any atom is 0.161 e. The normalized spacial score (nSPS) is 10.3. The molecule has 0 atom stereocenters. The molecule has 19 heavy (non-hydrogen) atoms. The molecule has 0 amide bonds. The molecule has 2 rings (SSSR count). The molecule has 1 aromatic heterocycles. The topological polar surface area (TPSA) is 39.9 Å². The number of thiazole rings is 1. The summed E-state index contributed by atoms with van der Waals surface area (Å²) in [6, 6.07) is 5.15. The van der Waals surface area contributed by atoms with Gasteiger partial charge in [-0.3, -0.25) is 0 Å². The van der Waals surface area contributed by atoms with Crippen LogP contribution in [0.4, 0.5) is 10.1 Å². The second-order valence-electron chi connectivity index (χ2n) is 4.09. The van der Waals surface area contributed by atoms with Crippen molar-refractivity contribution < 1.29 is 4.39 Å². The number of benzene rings is 1. The van der Waals surface area contributed by atoms with Crippen LogP contribution in [0.3, 0.4) is 0 Å². The number of hydrogen-bond donors (Lipinski definition) is 0. The fourth-order valence-corrected chi connectivity index (χ4v) is 2.76. The average Bonchev–Trinajstić information content (AvgIpc) is 2.78. The maximum atomic E-state index is 14.2. The van der Waals surface area contributed by atoms with Crippen LogP contribution in [-0.4, -0.2) is 12.0 Å². The van der Waals surface area contributed by atoms with Crippen LogP contribution in [0.5, 0.6) is 0 Å². The highest BCUT2D eigenvalue weighted by atomic mass is 79.9. The zero-order chi connectivity index (χ0) is 14.0. The summed E-state index contributed by atoms with van der Waals surface area (Å²) in [4.78, 5) is 6.13. The number of hydrogen-bond acceptors (Lipinski definition) is 4. The van der Waals surface area contributed by atoms with Crippen LogP contribution >= 0.6 is 27.3 Å². The number of nitrogens with zero attached hydrogens (tertiary/aromatic N) is 3. The molecular formula is C13H11BrFN3S. The second kappa shape index (κ2) is 5.68. The zero-order valence-electron chi connectivity index (χ0n) is 10.4. The van der Waals surface area contributed by atoms with E-state index in [0.29, 0.717) is 17.8 Å². The van der Waals surface area contributed by atoms with Crippen molar-refractivity contribution in [1.82, 2.24) is 4.98 Å². The first-order valence-corrected chi connectivity index (χ1v) is 7.20. The maximum absolute atomic E-state index is 14.2. The summed E-state index contributed by atoms with van der Waals surface area (Å²) in [5, 5.41) is 11.8. The Morgan fingerprint density at radius 1 is 1.53 bits per heavy atom. The van der Waals surface area contributed by atoms with Gasteiger partial charge in [0.25, 0.3) is 0 Å². The minimum absolute atomic E-state index is 0.203. The van der Waals surface area contributed by atoms with E-state index in [1.165, 1.54) is 0 Å². The van der Waals surface area contributed by atoms with E-state index in [1.807, 2.05) is 18.4 Å². The van der Waals surface area contributed by atoms with Crippen molar-refractivity contribution in [3.05, 3.63) is 44.1 Å². The van der Waals surface area contributed by atoms with E-state index in [-0.39, 0.29) is 4.47 Å². The molecule has 2 aromatic rings. The summed E-state index contributed by atoms with van der Waals surface area (Å²) < 4.78 is 14.4. The van der Waals surface area contributed by atoms with Gasteiger partial charge in [-0.25, -0.2) is 9.37 Å². The van der Waals surface area contributed by atoms with Gasteiger partial charge >= 0.3 is 0 Å². The minimum Gasteiger partial charge on any atom is -0.366 e. The van der Waals surface area contributed by atoms with Gasteiger partial charge in [0.1, 0.15) is 6.07 Å². The summed E-state index contributed by atoms with van der Waals surface area (Å²) >= 11 is 4.68. The van der Waals surface area contributed by atoms with E-state index < -0.39 is 5.82 Å². The molecule has 1 aromatic carbocycles. The standard InChI is InChI=1S/C13H11BrFN3S/c1-8-17-10(7-19-8)6-18(2)11-4-3-9(5-16)12(14)13(11)15/h3-4,7H,6H2,1-2H3. The van der Waals surface area contributed by atoms with Gasteiger partial charge in [0.05, 0.1) is 33.0 Å². The number of anilines is 1. The highest BCUT2D eigenvalue weighted by Gasteiger charge is 2.15. The van der Waals surface area contributed by atoms with E-state index in [9.17, 15) is 4.39 Å². The van der Waals surface area contributed by atoms with E-state index in [0.717, 1.165) is 10.7 Å². The van der Waals surface area contributed by atoms with E-state index in [4.69, 9.17) is 5.26 Å². The van der Waals surface area contributed by atoms with Crippen LogP contribution in [-0.2, 0) is 6.54 Å². The molecule has 0 saturated heterocycles. The Balaban J connectivity index is 2.27. The SMILES string of the molecule is Cc1nc(CN(C)c2ccc(C#N)c(Br)c2F)cs1. The van der Waals surface area contributed by atoms with Crippen LogP contribution in [0.15, 0.2) is 22.0 Å². The first-order valence-electron chi connectivity index (χ1n) is 5.53. The Morgan fingerprint density at radius 2 is 2.26 bits per heavy atom. The Labute approximate surface area is 123 Å². The van der Waals surface area contributed by atoms with Gasteiger partial charge in [0, 0.05) is 12.4 Å². The largest absolute Gasteiger partial charge is 0.366 e. The van der Waals surface area contributed by atoms with Crippen molar-refractivity contribution in [2.45, 2.75) is 13.5 Å². The fraction of sp³-hybridized carbons (Fsp3) is 0.231. The molecule has 0 bridgehead atoms. The molecule has 0 N–H and O–H groups in total. The summed E-state index contributed by atoms with van der Waals surface area (Å²) in [5.41, 5.74) is 1.64. The molecule has 0 fully saturated rings. The molecule has 0 aliphatic carbocycles. The molecule has 0 aliphatic rings. The Bertz CT molecular complexity index is 648. The van der Waals surface area contributed by atoms with Crippen LogP contribution in [0.1, 0.15) is 16.3 Å².